The summed E-state index contributed by atoms with van der Waals surface area (Å²) in [7, 11) is 0. The molecule has 1 aromatic carbocycles. The predicted molar refractivity (Wildman–Crippen MR) is 76.6 cm³/mol. The minimum atomic E-state index is 0.851. The quantitative estimate of drug-likeness (QED) is 0.769. The van der Waals surface area contributed by atoms with Crippen molar-refractivity contribution in [2.24, 2.45) is 0 Å². The Kier molecular flexibility index (Phi) is 3.35. The van der Waals surface area contributed by atoms with E-state index in [1.807, 2.05) is 18.5 Å². The number of rotatable bonds is 4. The summed E-state index contributed by atoms with van der Waals surface area (Å²) in [5, 5.41) is 10.2. The number of hydrogen-bond donors (Lipinski definition) is 1. The highest BCUT2D eigenvalue weighted by Gasteiger charge is 2.00. The molecule has 0 radical (unpaired) electrons. The average molecular weight is 254 g/mol. The highest BCUT2D eigenvalue weighted by atomic mass is 32.1. The lowest BCUT2D eigenvalue weighted by Crippen LogP contribution is -2.12. The van der Waals surface area contributed by atoms with Gasteiger partial charge >= 0.3 is 0 Å². The molecule has 0 spiro atoms. The lowest BCUT2D eigenvalue weighted by molar-refractivity contribution is 0.696. The number of thiophene rings is 1. The topological polar surface area (TPSA) is 24.9 Å². The van der Waals surface area contributed by atoms with Crippen LogP contribution < -0.4 is 5.32 Å². The molecular weight excluding hydrogens is 240 g/mol. The molecule has 3 rings (SSSR count). The van der Waals surface area contributed by atoms with Crippen LogP contribution in [0.5, 0.6) is 0 Å². The van der Waals surface area contributed by atoms with Crippen molar-refractivity contribution in [1.29, 1.82) is 0 Å². The molecule has 0 fully saturated rings. The van der Waals surface area contributed by atoms with E-state index in [1.165, 1.54) is 21.9 Å². The maximum Gasteiger partial charge on any atom is 0.0346 e. The first-order chi connectivity index (χ1) is 8.93. The minimum Gasteiger partial charge on any atom is -0.309 e. The van der Waals surface area contributed by atoms with E-state index < -0.39 is 0 Å². The zero-order chi connectivity index (χ0) is 12.2. The Bertz CT molecular complexity index is 627. The van der Waals surface area contributed by atoms with E-state index in [0.29, 0.717) is 0 Å². The molecule has 0 aliphatic heterocycles. The highest BCUT2D eigenvalue weighted by molar-refractivity contribution is 7.07. The number of fused-ring (bicyclic) bond motifs is 1. The molecule has 2 heterocycles. The van der Waals surface area contributed by atoms with Gasteiger partial charge in [0.05, 0.1) is 0 Å². The van der Waals surface area contributed by atoms with Crippen LogP contribution in [-0.2, 0) is 13.1 Å². The van der Waals surface area contributed by atoms with Crippen molar-refractivity contribution in [1.82, 2.24) is 10.3 Å². The third kappa shape index (κ3) is 2.42. The monoisotopic (exact) mass is 254 g/mol. The number of benzene rings is 1. The summed E-state index contributed by atoms with van der Waals surface area (Å²) in [4.78, 5) is 4.29. The molecule has 0 unspecified atom stereocenters. The Morgan fingerprint density at radius 2 is 2.00 bits per heavy atom. The van der Waals surface area contributed by atoms with Gasteiger partial charge in [-0.2, -0.15) is 11.3 Å². The van der Waals surface area contributed by atoms with E-state index in [4.69, 9.17) is 0 Å². The highest BCUT2D eigenvalue weighted by Crippen LogP contribution is 2.16. The standard InChI is InChI=1S/C15H14N2S/c1-2-4-15-13(3-1)8-17-10-14(15)9-16-7-12-5-6-18-11-12/h1-6,8,10-11,16H,7,9H2. The normalized spacial score (nSPS) is 10.9. The Morgan fingerprint density at radius 1 is 1.06 bits per heavy atom. The molecule has 1 N–H and O–H groups in total. The van der Waals surface area contributed by atoms with Gasteiger partial charge in [0.15, 0.2) is 0 Å². The third-order valence-corrected chi connectivity index (χ3v) is 3.71. The molecule has 18 heavy (non-hydrogen) atoms. The fourth-order valence-corrected chi connectivity index (χ4v) is 2.72. The third-order valence-electron chi connectivity index (χ3n) is 2.98. The maximum atomic E-state index is 4.29. The molecule has 2 nitrogen and oxygen atoms in total. The van der Waals surface area contributed by atoms with Gasteiger partial charge in [-0.05, 0) is 33.3 Å². The fraction of sp³-hybridized carbons (Fsp3) is 0.133. The molecular formula is C15H14N2S. The minimum absolute atomic E-state index is 0.851. The first-order valence-corrected chi connectivity index (χ1v) is 6.91. The van der Waals surface area contributed by atoms with E-state index in [1.54, 1.807) is 11.3 Å². The predicted octanol–water partition coefficient (Wildman–Crippen LogP) is 3.59. The molecule has 3 aromatic rings. The van der Waals surface area contributed by atoms with Crippen LogP contribution >= 0.6 is 11.3 Å². The molecule has 2 aromatic heterocycles. The molecule has 0 aliphatic carbocycles. The van der Waals surface area contributed by atoms with E-state index in [-0.39, 0.29) is 0 Å². The van der Waals surface area contributed by atoms with Gasteiger partial charge in [-0.25, -0.2) is 0 Å². The van der Waals surface area contributed by atoms with Crippen molar-refractivity contribution in [2.45, 2.75) is 13.1 Å². The first kappa shape index (κ1) is 11.4. The van der Waals surface area contributed by atoms with Crippen molar-refractivity contribution in [2.75, 3.05) is 0 Å². The second-order valence-corrected chi connectivity index (χ2v) is 5.03. The number of nitrogens with one attached hydrogen (secondary N) is 1. The summed E-state index contributed by atoms with van der Waals surface area (Å²) in [5.41, 5.74) is 2.59. The SMILES string of the molecule is c1ccc2c(CNCc3ccsc3)cncc2c1. The lowest BCUT2D eigenvalue weighted by Gasteiger charge is -2.07. The Balaban J connectivity index is 1.74. The largest absolute Gasteiger partial charge is 0.309 e. The van der Waals surface area contributed by atoms with Gasteiger partial charge < -0.3 is 5.32 Å². The summed E-state index contributed by atoms with van der Waals surface area (Å²) >= 11 is 1.74. The summed E-state index contributed by atoms with van der Waals surface area (Å²) in [6.07, 6.45) is 3.86. The van der Waals surface area contributed by atoms with E-state index >= 15 is 0 Å². The van der Waals surface area contributed by atoms with Crippen molar-refractivity contribution in [3.63, 3.8) is 0 Å². The Hall–Kier alpha value is -1.71. The van der Waals surface area contributed by atoms with Crippen LogP contribution in [0.4, 0.5) is 0 Å². The van der Waals surface area contributed by atoms with Gasteiger partial charge in [0.25, 0.3) is 0 Å². The molecule has 3 heteroatoms. The second kappa shape index (κ2) is 5.29. The smallest absolute Gasteiger partial charge is 0.0346 e. The number of pyridine rings is 1. The van der Waals surface area contributed by atoms with Crippen molar-refractivity contribution >= 4 is 22.1 Å². The second-order valence-electron chi connectivity index (χ2n) is 4.25. The van der Waals surface area contributed by atoms with Gasteiger partial charge in [-0.3, -0.25) is 4.98 Å². The number of nitrogens with zero attached hydrogens (tertiary/aromatic N) is 1. The summed E-state index contributed by atoms with van der Waals surface area (Å²) in [6.45, 7) is 1.76. The summed E-state index contributed by atoms with van der Waals surface area (Å²) in [6, 6.07) is 10.5. The molecule has 0 amide bonds. The lowest BCUT2D eigenvalue weighted by atomic mass is 10.1. The average Bonchev–Trinajstić information content (AvgIpc) is 2.92. The van der Waals surface area contributed by atoms with Crippen molar-refractivity contribution in [3.05, 3.63) is 64.6 Å². The Labute approximate surface area is 110 Å². The number of hydrogen-bond acceptors (Lipinski definition) is 3. The Morgan fingerprint density at radius 3 is 2.89 bits per heavy atom. The van der Waals surface area contributed by atoms with Gasteiger partial charge in [0.1, 0.15) is 0 Å². The first-order valence-electron chi connectivity index (χ1n) is 5.97. The molecule has 0 saturated carbocycles. The van der Waals surface area contributed by atoms with E-state index in [0.717, 1.165) is 13.1 Å². The molecule has 0 aliphatic rings. The van der Waals surface area contributed by atoms with Crippen LogP contribution in [0, 0.1) is 0 Å². The van der Waals surface area contributed by atoms with Gasteiger partial charge in [0.2, 0.25) is 0 Å². The zero-order valence-corrected chi connectivity index (χ0v) is 10.8. The summed E-state index contributed by atoms with van der Waals surface area (Å²) in [5.74, 6) is 0. The molecule has 0 atom stereocenters. The van der Waals surface area contributed by atoms with Crippen LogP contribution in [0.25, 0.3) is 10.8 Å². The van der Waals surface area contributed by atoms with E-state index in [9.17, 15) is 0 Å². The van der Waals surface area contributed by atoms with Crippen molar-refractivity contribution < 1.29 is 0 Å². The number of aromatic nitrogens is 1. The van der Waals surface area contributed by atoms with Crippen molar-refractivity contribution in [3.8, 4) is 0 Å². The van der Waals surface area contributed by atoms with Gasteiger partial charge in [0, 0.05) is 30.9 Å². The zero-order valence-electron chi connectivity index (χ0n) is 9.97. The van der Waals surface area contributed by atoms with Crippen LogP contribution in [0.15, 0.2) is 53.5 Å². The molecule has 0 saturated heterocycles. The van der Waals surface area contributed by atoms with Crippen LogP contribution in [-0.4, -0.2) is 4.98 Å². The van der Waals surface area contributed by atoms with Crippen LogP contribution in [0.1, 0.15) is 11.1 Å². The fourth-order valence-electron chi connectivity index (χ4n) is 2.05. The molecule has 90 valence electrons. The molecule has 0 bridgehead atoms. The van der Waals surface area contributed by atoms with E-state index in [2.05, 4.69) is 45.3 Å². The summed E-state index contributed by atoms with van der Waals surface area (Å²) < 4.78 is 0. The maximum absolute atomic E-state index is 4.29. The van der Waals surface area contributed by atoms with Gasteiger partial charge in [-0.1, -0.05) is 24.3 Å². The van der Waals surface area contributed by atoms with Crippen LogP contribution in [0.2, 0.25) is 0 Å². The van der Waals surface area contributed by atoms with Crippen LogP contribution in [0.3, 0.4) is 0 Å². The van der Waals surface area contributed by atoms with Gasteiger partial charge in [-0.15, -0.1) is 0 Å².